The maximum Gasteiger partial charge on any atom is 0.192 e. The lowest BCUT2D eigenvalue weighted by Gasteiger charge is -2.38. The average molecular weight is 490 g/mol. The number of hydrogen-bond donors (Lipinski definition) is 1. The number of benzene rings is 3. The molecular formula is C31H43NO2Si. The molecule has 4 heteroatoms. The second-order valence-electron chi connectivity index (χ2n) is 11.1. The van der Waals surface area contributed by atoms with Crippen LogP contribution in [0.25, 0.3) is 0 Å². The molecule has 3 aromatic rings. The van der Waals surface area contributed by atoms with Gasteiger partial charge in [0.25, 0.3) is 0 Å². The first kappa shape index (κ1) is 27.3. The van der Waals surface area contributed by atoms with Gasteiger partial charge in [-0.25, -0.2) is 0 Å². The first-order valence-corrected chi connectivity index (χ1v) is 15.7. The van der Waals surface area contributed by atoms with E-state index in [1.807, 2.05) is 0 Å². The molecule has 3 aromatic carbocycles. The zero-order chi connectivity index (χ0) is 25.5. The number of hydrogen-bond acceptors (Lipinski definition) is 3. The van der Waals surface area contributed by atoms with Crippen molar-refractivity contribution in [3.8, 4) is 0 Å². The van der Waals surface area contributed by atoms with Crippen molar-refractivity contribution in [2.45, 2.75) is 77.5 Å². The van der Waals surface area contributed by atoms with E-state index in [1.54, 1.807) is 0 Å². The van der Waals surface area contributed by atoms with Crippen LogP contribution in [0.1, 0.15) is 68.5 Å². The van der Waals surface area contributed by atoms with Gasteiger partial charge >= 0.3 is 0 Å². The minimum atomic E-state index is -1.83. The first-order chi connectivity index (χ1) is 16.6. The Morgan fingerprint density at radius 2 is 1.40 bits per heavy atom. The third-order valence-corrected chi connectivity index (χ3v) is 12.0. The van der Waals surface area contributed by atoms with Crippen molar-refractivity contribution in [2.75, 3.05) is 6.61 Å². The van der Waals surface area contributed by atoms with Gasteiger partial charge in [0.15, 0.2) is 8.32 Å². The smallest absolute Gasteiger partial charge is 0.192 e. The van der Waals surface area contributed by atoms with Crippen LogP contribution in [-0.2, 0) is 17.6 Å². The van der Waals surface area contributed by atoms with E-state index < -0.39 is 8.32 Å². The minimum absolute atomic E-state index is 0.0863. The van der Waals surface area contributed by atoms with Crippen molar-refractivity contribution >= 4 is 8.32 Å². The fourth-order valence-electron chi connectivity index (χ4n) is 4.25. The summed E-state index contributed by atoms with van der Waals surface area (Å²) in [6.07, 6.45) is 0.677. The normalized spacial score (nSPS) is 14.2. The van der Waals surface area contributed by atoms with Gasteiger partial charge in [0.2, 0.25) is 0 Å². The Kier molecular flexibility index (Phi) is 9.48. The van der Waals surface area contributed by atoms with Crippen LogP contribution in [0.5, 0.6) is 0 Å². The molecule has 35 heavy (non-hydrogen) atoms. The average Bonchev–Trinajstić information content (AvgIpc) is 2.85. The van der Waals surface area contributed by atoms with Gasteiger partial charge in [-0.05, 0) is 53.7 Å². The molecule has 0 aliphatic rings. The largest absolute Gasteiger partial charge is 0.413 e. The van der Waals surface area contributed by atoms with E-state index in [4.69, 9.17) is 4.43 Å². The van der Waals surface area contributed by atoms with Crippen LogP contribution < -0.4 is 0 Å². The van der Waals surface area contributed by atoms with Gasteiger partial charge in [0.1, 0.15) is 0 Å². The van der Waals surface area contributed by atoms with Crippen LogP contribution in [-0.4, -0.2) is 24.9 Å². The molecule has 2 atom stereocenters. The quantitative estimate of drug-likeness (QED) is 0.278. The molecule has 0 unspecified atom stereocenters. The topological polar surface area (TPSA) is 32.7 Å². The lowest BCUT2D eigenvalue weighted by Crippen LogP contribution is -2.40. The third kappa shape index (κ3) is 7.37. The zero-order valence-electron chi connectivity index (χ0n) is 22.4. The number of rotatable bonds is 11. The fourth-order valence-corrected chi connectivity index (χ4v) is 5.21. The Hall–Kier alpha value is -2.24. The molecule has 0 saturated carbocycles. The Balaban J connectivity index is 1.93. The van der Waals surface area contributed by atoms with E-state index in [2.05, 4.69) is 131 Å². The molecule has 0 saturated heterocycles. The van der Waals surface area contributed by atoms with Crippen molar-refractivity contribution in [2.24, 2.45) is 0 Å². The minimum Gasteiger partial charge on any atom is -0.413 e. The van der Waals surface area contributed by atoms with Crippen LogP contribution in [0, 0.1) is 0 Å². The standard InChI is InChI=1S/C31H43NO2Si/c1-25(28-17-11-8-12-18-28)32(23-26-14-9-7-10-15-26)30(20-21-33)29-19-13-16-27(22-29)24-34-35(5,6)31(2,3)4/h7-19,22,25,30,33H,20-21,23-24H2,1-6H3/t25-,30+/m0/s1. The second-order valence-corrected chi connectivity index (χ2v) is 15.9. The second kappa shape index (κ2) is 12.1. The molecule has 1 N–H and O–H groups in total. The highest BCUT2D eigenvalue weighted by Gasteiger charge is 2.37. The molecule has 0 radical (unpaired) electrons. The Morgan fingerprint density at radius 1 is 0.829 bits per heavy atom. The Bertz CT molecular complexity index is 1030. The molecule has 0 aliphatic carbocycles. The lowest BCUT2D eigenvalue weighted by atomic mass is 9.96. The van der Waals surface area contributed by atoms with E-state index in [1.165, 1.54) is 22.3 Å². The summed E-state index contributed by atoms with van der Waals surface area (Å²) in [4.78, 5) is 2.52. The van der Waals surface area contributed by atoms with Gasteiger partial charge in [0, 0.05) is 25.2 Å². The molecule has 0 amide bonds. The molecule has 3 nitrogen and oxygen atoms in total. The predicted octanol–water partition coefficient (Wildman–Crippen LogP) is 7.90. The number of aliphatic hydroxyl groups excluding tert-OH is 1. The third-order valence-electron chi connectivity index (χ3n) is 7.53. The zero-order valence-corrected chi connectivity index (χ0v) is 23.4. The van der Waals surface area contributed by atoms with Gasteiger partial charge in [-0.2, -0.15) is 0 Å². The first-order valence-electron chi connectivity index (χ1n) is 12.8. The van der Waals surface area contributed by atoms with Gasteiger partial charge < -0.3 is 9.53 Å². The van der Waals surface area contributed by atoms with E-state index in [0.717, 1.165) is 6.54 Å². The van der Waals surface area contributed by atoms with E-state index in [9.17, 15) is 5.11 Å². The number of nitrogens with zero attached hydrogens (tertiary/aromatic N) is 1. The summed E-state index contributed by atoms with van der Waals surface area (Å²) in [7, 11) is -1.83. The summed E-state index contributed by atoms with van der Waals surface area (Å²) in [6, 6.07) is 30.4. The fraction of sp³-hybridized carbons (Fsp3) is 0.419. The Labute approximate surface area is 213 Å². The van der Waals surface area contributed by atoms with Crippen LogP contribution >= 0.6 is 0 Å². The monoisotopic (exact) mass is 489 g/mol. The van der Waals surface area contributed by atoms with Crippen molar-refractivity contribution in [3.05, 3.63) is 107 Å². The Morgan fingerprint density at radius 3 is 2.00 bits per heavy atom. The summed E-state index contributed by atoms with van der Waals surface area (Å²) >= 11 is 0. The molecule has 3 rings (SSSR count). The van der Waals surface area contributed by atoms with Crippen LogP contribution in [0.4, 0.5) is 0 Å². The van der Waals surface area contributed by atoms with E-state index >= 15 is 0 Å². The summed E-state index contributed by atoms with van der Waals surface area (Å²) in [5, 5.41) is 10.3. The molecule has 0 fully saturated rings. The summed E-state index contributed by atoms with van der Waals surface area (Å²) in [6.45, 7) is 15.3. The molecule has 188 valence electrons. The van der Waals surface area contributed by atoms with Crippen LogP contribution in [0.3, 0.4) is 0 Å². The summed E-state index contributed by atoms with van der Waals surface area (Å²) < 4.78 is 6.52. The van der Waals surface area contributed by atoms with Crippen molar-refractivity contribution in [1.29, 1.82) is 0 Å². The molecule has 0 heterocycles. The van der Waals surface area contributed by atoms with Crippen molar-refractivity contribution < 1.29 is 9.53 Å². The SMILES string of the molecule is C[C@@H](c1ccccc1)N(Cc1ccccc1)[C@H](CCO)c1cccc(CO[Si](C)(C)C(C)(C)C)c1. The molecule has 0 spiro atoms. The van der Waals surface area contributed by atoms with Crippen molar-refractivity contribution in [3.63, 3.8) is 0 Å². The van der Waals surface area contributed by atoms with E-state index in [-0.39, 0.29) is 23.7 Å². The van der Waals surface area contributed by atoms with Gasteiger partial charge in [-0.15, -0.1) is 0 Å². The molecular weight excluding hydrogens is 446 g/mol. The maximum atomic E-state index is 10.1. The van der Waals surface area contributed by atoms with Crippen LogP contribution in [0.15, 0.2) is 84.9 Å². The summed E-state index contributed by atoms with van der Waals surface area (Å²) in [5.74, 6) is 0. The highest BCUT2D eigenvalue weighted by molar-refractivity contribution is 6.74. The predicted molar refractivity (Wildman–Crippen MR) is 150 cm³/mol. The van der Waals surface area contributed by atoms with Gasteiger partial charge in [-0.1, -0.05) is 106 Å². The lowest BCUT2D eigenvalue weighted by molar-refractivity contribution is 0.108. The molecule has 0 aromatic heterocycles. The van der Waals surface area contributed by atoms with Crippen molar-refractivity contribution in [1.82, 2.24) is 4.90 Å². The van der Waals surface area contributed by atoms with E-state index in [0.29, 0.717) is 13.0 Å². The summed E-state index contributed by atoms with van der Waals surface area (Å²) in [5.41, 5.74) is 4.98. The highest BCUT2D eigenvalue weighted by atomic mass is 28.4. The van der Waals surface area contributed by atoms with Crippen LogP contribution in [0.2, 0.25) is 18.1 Å². The highest BCUT2D eigenvalue weighted by Crippen LogP contribution is 2.38. The molecule has 0 bridgehead atoms. The molecule has 0 aliphatic heterocycles. The van der Waals surface area contributed by atoms with Gasteiger partial charge in [0.05, 0.1) is 6.61 Å². The van der Waals surface area contributed by atoms with Gasteiger partial charge in [-0.3, -0.25) is 4.90 Å². The maximum absolute atomic E-state index is 10.1. The number of aliphatic hydroxyl groups is 1.